The number of tetrazole rings is 1. The Bertz CT molecular complexity index is 668. The number of carbonyl (C=O) groups is 2. The van der Waals surface area contributed by atoms with E-state index in [2.05, 4.69) is 44.7 Å². The maximum Gasteiger partial charge on any atom is 0.338 e. The maximum absolute atomic E-state index is 12.0. The van der Waals surface area contributed by atoms with E-state index in [4.69, 9.17) is 4.74 Å². The van der Waals surface area contributed by atoms with E-state index >= 15 is 0 Å². The van der Waals surface area contributed by atoms with Crippen LogP contribution in [0, 0.1) is 0 Å². The molecule has 1 heterocycles. The fraction of sp³-hybridized carbons (Fsp3) is 0.438. The molecule has 0 atom stereocenters. The van der Waals surface area contributed by atoms with Crippen LogP contribution in [0.2, 0.25) is 0 Å². The average Bonchev–Trinajstić information content (AvgIpc) is 3.12. The van der Waals surface area contributed by atoms with Gasteiger partial charge in [0.05, 0.1) is 12.0 Å². The van der Waals surface area contributed by atoms with Crippen molar-refractivity contribution in [2.45, 2.75) is 20.3 Å². The fourth-order valence-electron chi connectivity index (χ4n) is 2.19. The van der Waals surface area contributed by atoms with E-state index in [1.54, 1.807) is 24.3 Å². The second-order valence-corrected chi connectivity index (χ2v) is 5.29. The van der Waals surface area contributed by atoms with Crippen LogP contribution in [0.25, 0.3) is 0 Å². The molecule has 2 rings (SSSR count). The minimum atomic E-state index is -0.378. The first-order valence-electron chi connectivity index (χ1n) is 8.14. The van der Waals surface area contributed by atoms with E-state index in [0.29, 0.717) is 30.2 Å². The first-order chi connectivity index (χ1) is 12.1. The Labute approximate surface area is 145 Å². The quantitative estimate of drug-likeness (QED) is 0.648. The van der Waals surface area contributed by atoms with Gasteiger partial charge < -0.3 is 15.0 Å². The first-order valence-corrected chi connectivity index (χ1v) is 8.14. The van der Waals surface area contributed by atoms with Gasteiger partial charge in [-0.25, -0.2) is 4.79 Å². The number of aromatic amines is 1. The van der Waals surface area contributed by atoms with Crippen molar-refractivity contribution in [1.29, 1.82) is 0 Å². The molecule has 2 aromatic rings. The average molecular weight is 346 g/mol. The van der Waals surface area contributed by atoms with Gasteiger partial charge in [0.15, 0.2) is 5.82 Å². The number of hydrogen-bond acceptors (Lipinski definition) is 7. The number of carbonyl (C=O) groups excluding carboxylic acids is 2. The van der Waals surface area contributed by atoms with Crippen LogP contribution in [0.5, 0.6) is 0 Å². The number of rotatable bonds is 9. The minimum Gasteiger partial charge on any atom is -0.461 e. The molecule has 0 aliphatic rings. The van der Waals surface area contributed by atoms with Crippen LogP contribution in [0.15, 0.2) is 24.3 Å². The second-order valence-electron chi connectivity index (χ2n) is 5.29. The number of anilines is 1. The lowest BCUT2D eigenvalue weighted by atomic mass is 10.2. The molecule has 9 heteroatoms. The zero-order valence-corrected chi connectivity index (χ0v) is 14.4. The Hall–Kier alpha value is -2.81. The molecule has 1 aromatic heterocycles. The summed E-state index contributed by atoms with van der Waals surface area (Å²) >= 11 is 0. The molecule has 134 valence electrons. The molecule has 0 bridgehead atoms. The monoisotopic (exact) mass is 346 g/mol. The summed E-state index contributed by atoms with van der Waals surface area (Å²) in [5.41, 5.74) is 1.02. The largest absolute Gasteiger partial charge is 0.461 e. The van der Waals surface area contributed by atoms with Crippen LogP contribution in [0.4, 0.5) is 5.69 Å². The Morgan fingerprint density at radius 3 is 2.52 bits per heavy atom. The Balaban J connectivity index is 1.80. The van der Waals surface area contributed by atoms with Crippen molar-refractivity contribution in [1.82, 2.24) is 25.5 Å². The number of aromatic nitrogens is 4. The highest BCUT2D eigenvalue weighted by atomic mass is 16.5. The zero-order valence-electron chi connectivity index (χ0n) is 14.4. The third-order valence-corrected chi connectivity index (χ3v) is 3.65. The standard InChI is InChI=1S/C16H22N6O3/c1-3-22(4-2)9-10-25-16(24)12-5-7-13(8-6-12)17-15(23)11-14-18-20-21-19-14/h5-8H,3-4,9-11H2,1-2H3,(H,17,23)(H,18,19,20,21). The predicted octanol–water partition coefficient (Wildman–Crippen LogP) is 0.879. The SMILES string of the molecule is CCN(CC)CCOC(=O)c1ccc(NC(=O)Cc2nn[nH]n2)cc1. The van der Waals surface area contributed by atoms with Gasteiger partial charge in [-0.3, -0.25) is 4.79 Å². The van der Waals surface area contributed by atoms with Gasteiger partial charge in [-0.1, -0.05) is 19.1 Å². The fourth-order valence-corrected chi connectivity index (χ4v) is 2.19. The van der Waals surface area contributed by atoms with Gasteiger partial charge in [-0.2, -0.15) is 5.21 Å². The molecule has 0 spiro atoms. The van der Waals surface area contributed by atoms with Crippen LogP contribution < -0.4 is 5.32 Å². The molecule has 0 radical (unpaired) electrons. The van der Waals surface area contributed by atoms with E-state index in [1.807, 2.05) is 0 Å². The highest BCUT2D eigenvalue weighted by Crippen LogP contribution is 2.11. The number of esters is 1. The van der Waals surface area contributed by atoms with E-state index in [9.17, 15) is 9.59 Å². The van der Waals surface area contributed by atoms with Crippen molar-refractivity contribution in [2.75, 3.05) is 31.6 Å². The number of hydrogen-bond donors (Lipinski definition) is 2. The van der Waals surface area contributed by atoms with E-state index in [1.165, 1.54) is 0 Å². The number of nitrogens with one attached hydrogen (secondary N) is 2. The maximum atomic E-state index is 12.0. The lowest BCUT2D eigenvalue weighted by molar-refractivity contribution is -0.115. The normalized spacial score (nSPS) is 10.7. The van der Waals surface area contributed by atoms with Crippen molar-refractivity contribution in [3.8, 4) is 0 Å². The Kier molecular flexibility index (Phi) is 7.02. The summed E-state index contributed by atoms with van der Waals surface area (Å²) in [6.45, 7) is 7.04. The highest BCUT2D eigenvalue weighted by Gasteiger charge is 2.10. The molecule has 1 aromatic carbocycles. The van der Waals surface area contributed by atoms with Crippen molar-refractivity contribution >= 4 is 17.6 Å². The molecule has 0 saturated carbocycles. The van der Waals surface area contributed by atoms with E-state index < -0.39 is 0 Å². The van der Waals surface area contributed by atoms with Gasteiger partial charge in [-0.15, -0.1) is 10.2 Å². The minimum absolute atomic E-state index is 0.0195. The van der Waals surface area contributed by atoms with Gasteiger partial charge >= 0.3 is 5.97 Å². The van der Waals surface area contributed by atoms with E-state index in [-0.39, 0.29) is 18.3 Å². The number of H-pyrrole nitrogens is 1. The number of likely N-dealkylation sites (N-methyl/N-ethyl adjacent to an activating group) is 1. The summed E-state index contributed by atoms with van der Waals surface area (Å²) in [7, 11) is 0. The zero-order chi connectivity index (χ0) is 18.1. The molecule has 1 amide bonds. The van der Waals surface area contributed by atoms with Crippen LogP contribution in [-0.2, 0) is 16.0 Å². The highest BCUT2D eigenvalue weighted by molar-refractivity contribution is 5.93. The predicted molar refractivity (Wildman–Crippen MR) is 91.0 cm³/mol. The molecule has 25 heavy (non-hydrogen) atoms. The summed E-state index contributed by atoms with van der Waals surface area (Å²) in [4.78, 5) is 26.0. The number of ether oxygens (including phenoxy) is 1. The summed E-state index contributed by atoms with van der Waals surface area (Å²) in [5, 5.41) is 15.8. The molecular weight excluding hydrogens is 324 g/mol. The molecule has 0 aliphatic carbocycles. The van der Waals surface area contributed by atoms with Crippen molar-refractivity contribution in [3.63, 3.8) is 0 Å². The molecule has 9 nitrogen and oxygen atoms in total. The van der Waals surface area contributed by atoms with Crippen molar-refractivity contribution < 1.29 is 14.3 Å². The van der Waals surface area contributed by atoms with Gasteiger partial charge in [0.25, 0.3) is 0 Å². The van der Waals surface area contributed by atoms with E-state index in [0.717, 1.165) is 13.1 Å². The van der Waals surface area contributed by atoms with Crippen molar-refractivity contribution in [2.24, 2.45) is 0 Å². The lowest BCUT2D eigenvalue weighted by Gasteiger charge is -2.17. The summed E-state index contributed by atoms with van der Waals surface area (Å²) in [6.07, 6.45) is 0.0195. The first kappa shape index (κ1) is 18.5. The number of nitrogens with zero attached hydrogens (tertiary/aromatic N) is 4. The van der Waals surface area contributed by atoms with Gasteiger partial charge in [-0.05, 0) is 37.4 Å². The molecule has 0 fully saturated rings. The van der Waals surface area contributed by atoms with Crippen LogP contribution in [0.1, 0.15) is 30.0 Å². The number of amides is 1. The summed E-state index contributed by atoms with van der Waals surface area (Å²) < 4.78 is 5.26. The van der Waals surface area contributed by atoms with Gasteiger partial charge in [0, 0.05) is 12.2 Å². The van der Waals surface area contributed by atoms with Crippen LogP contribution in [0.3, 0.4) is 0 Å². The summed E-state index contributed by atoms with van der Waals surface area (Å²) in [6, 6.07) is 6.53. The second kappa shape index (κ2) is 9.48. The molecule has 2 N–H and O–H groups in total. The van der Waals surface area contributed by atoms with Gasteiger partial charge in [0.2, 0.25) is 5.91 Å². The van der Waals surface area contributed by atoms with Crippen LogP contribution >= 0.6 is 0 Å². The van der Waals surface area contributed by atoms with Crippen molar-refractivity contribution in [3.05, 3.63) is 35.7 Å². The van der Waals surface area contributed by atoms with Gasteiger partial charge in [0.1, 0.15) is 6.61 Å². The lowest BCUT2D eigenvalue weighted by Crippen LogP contribution is -2.27. The molecule has 0 unspecified atom stereocenters. The third-order valence-electron chi connectivity index (χ3n) is 3.65. The Morgan fingerprint density at radius 1 is 1.20 bits per heavy atom. The molecule has 0 aliphatic heterocycles. The van der Waals surface area contributed by atoms with Crippen LogP contribution in [-0.4, -0.2) is 63.6 Å². The molecule has 0 saturated heterocycles. The summed E-state index contributed by atoms with van der Waals surface area (Å²) in [5.74, 6) is -0.335. The number of benzene rings is 1. The smallest absolute Gasteiger partial charge is 0.338 e. The third kappa shape index (κ3) is 5.96. The topological polar surface area (TPSA) is 113 Å². The Morgan fingerprint density at radius 2 is 1.92 bits per heavy atom. The molecular formula is C16H22N6O3.